The smallest absolute Gasteiger partial charge is 0.270 e. The van der Waals surface area contributed by atoms with Crippen LogP contribution in [0, 0.1) is 0 Å². The molecule has 5 nitrogen and oxygen atoms in total. The molecule has 0 unspecified atom stereocenters. The summed E-state index contributed by atoms with van der Waals surface area (Å²) in [6, 6.07) is 1.58. The van der Waals surface area contributed by atoms with E-state index in [1.165, 1.54) is 6.92 Å². The summed E-state index contributed by atoms with van der Waals surface area (Å²) in [5.74, 6) is -0.176. The Kier molecular flexibility index (Phi) is 3.26. The molecule has 1 aromatic rings. The van der Waals surface area contributed by atoms with Gasteiger partial charge in [0.25, 0.3) is 5.91 Å². The maximum absolute atomic E-state index is 12.1. The van der Waals surface area contributed by atoms with Gasteiger partial charge < -0.3 is 15.0 Å². The average Bonchev–Trinajstić information content (AvgIpc) is 2.77. The minimum absolute atomic E-state index is 0.0631. The fourth-order valence-electron chi connectivity index (χ4n) is 2.08. The second-order valence-electron chi connectivity index (χ2n) is 5.15. The SMILES string of the molecule is CC(=O)c1c[nH]c(C(=O)N2CCC(C)(O)CC2)c1. The molecular weight excluding hydrogens is 232 g/mol. The third-order valence-electron chi connectivity index (χ3n) is 3.45. The summed E-state index contributed by atoms with van der Waals surface area (Å²) in [4.78, 5) is 27.8. The van der Waals surface area contributed by atoms with Gasteiger partial charge in [0.15, 0.2) is 5.78 Å². The molecule has 18 heavy (non-hydrogen) atoms. The first-order valence-corrected chi connectivity index (χ1v) is 6.10. The Morgan fingerprint density at radius 3 is 2.50 bits per heavy atom. The Balaban J connectivity index is 2.05. The number of aromatic amines is 1. The molecule has 1 aromatic heterocycles. The Morgan fingerprint density at radius 1 is 1.39 bits per heavy atom. The number of likely N-dealkylation sites (tertiary alicyclic amines) is 1. The summed E-state index contributed by atoms with van der Waals surface area (Å²) >= 11 is 0. The number of H-pyrrole nitrogens is 1. The summed E-state index contributed by atoms with van der Waals surface area (Å²) in [6.07, 6.45) is 2.72. The van der Waals surface area contributed by atoms with Gasteiger partial charge in [-0.25, -0.2) is 0 Å². The largest absolute Gasteiger partial charge is 0.390 e. The fraction of sp³-hybridized carbons (Fsp3) is 0.538. The highest BCUT2D eigenvalue weighted by molar-refractivity contribution is 5.99. The molecule has 98 valence electrons. The first kappa shape index (κ1) is 12.8. The van der Waals surface area contributed by atoms with E-state index < -0.39 is 5.60 Å². The number of hydrogen-bond donors (Lipinski definition) is 2. The number of hydrogen-bond acceptors (Lipinski definition) is 3. The Morgan fingerprint density at radius 2 is 2.00 bits per heavy atom. The molecule has 0 bridgehead atoms. The van der Waals surface area contributed by atoms with Gasteiger partial charge in [-0.15, -0.1) is 0 Å². The molecular formula is C13H18N2O3. The van der Waals surface area contributed by atoms with E-state index in [4.69, 9.17) is 0 Å². The van der Waals surface area contributed by atoms with Crippen LogP contribution in [0.2, 0.25) is 0 Å². The number of aliphatic hydroxyl groups is 1. The van der Waals surface area contributed by atoms with Crippen LogP contribution in [0.3, 0.4) is 0 Å². The molecule has 1 aliphatic rings. The number of piperidine rings is 1. The van der Waals surface area contributed by atoms with Gasteiger partial charge in [0.2, 0.25) is 0 Å². The van der Waals surface area contributed by atoms with Crippen LogP contribution in [0.15, 0.2) is 12.3 Å². The highest BCUT2D eigenvalue weighted by Gasteiger charge is 2.30. The lowest BCUT2D eigenvalue weighted by atomic mass is 9.94. The fourth-order valence-corrected chi connectivity index (χ4v) is 2.08. The normalized spacial score (nSPS) is 18.7. The van der Waals surface area contributed by atoms with Crippen LogP contribution >= 0.6 is 0 Å². The van der Waals surface area contributed by atoms with Gasteiger partial charge in [0.1, 0.15) is 5.69 Å². The molecule has 5 heteroatoms. The predicted molar refractivity (Wildman–Crippen MR) is 66.6 cm³/mol. The third-order valence-corrected chi connectivity index (χ3v) is 3.45. The lowest BCUT2D eigenvalue weighted by molar-refractivity contribution is -0.00217. The van der Waals surface area contributed by atoms with Crippen LogP contribution in [0.1, 0.15) is 47.5 Å². The van der Waals surface area contributed by atoms with E-state index in [0.29, 0.717) is 37.2 Å². The summed E-state index contributed by atoms with van der Waals surface area (Å²) in [7, 11) is 0. The predicted octanol–water partition coefficient (Wildman–Crippen LogP) is 1.20. The molecule has 0 radical (unpaired) electrons. The zero-order valence-corrected chi connectivity index (χ0v) is 10.7. The molecule has 1 saturated heterocycles. The standard InChI is InChI=1S/C13H18N2O3/c1-9(16)10-7-11(14-8-10)12(17)15-5-3-13(2,18)4-6-15/h7-8,14,18H,3-6H2,1-2H3. The van der Waals surface area contributed by atoms with E-state index in [1.54, 1.807) is 24.1 Å². The highest BCUT2D eigenvalue weighted by atomic mass is 16.3. The summed E-state index contributed by atoms with van der Waals surface area (Å²) in [5.41, 5.74) is 0.279. The minimum atomic E-state index is -0.670. The Hall–Kier alpha value is -1.62. The van der Waals surface area contributed by atoms with E-state index in [-0.39, 0.29) is 11.7 Å². The highest BCUT2D eigenvalue weighted by Crippen LogP contribution is 2.22. The van der Waals surface area contributed by atoms with Crippen molar-refractivity contribution in [3.8, 4) is 0 Å². The number of amides is 1. The number of Topliss-reactive ketones (excluding diaryl/α,β-unsaturated/α-hetero) is 1. The van der Waals surface area contributed by atoms with Crippen molar-refractivity contribution in [1.29, 1.82) is 0 Å². The van der Waals surface area contributed by atoms with Gasteiger partial charge in [0.05, 0.1) is 5.60 Å². The molecule has 1 amide bonds. The van der Waals surface area contributed by atoms with Crippen LogP contribution in [-0.2, 0) is 0 Å². The van der Waals surface area contributed by atoms with Crippen molar-refractivity contribution in [2.45, 2.75) is 32.3 Å². The molecule has 1 fully saturated rings. The van der Waals surface area contributed by atoms with Gasteiger partial charge in [-0.3, -0.25) is 9.59 Å². The molecule has 2 rings (SSSR count). The molecule has 0 spiro atoms. The van der Waals surface area contributed by atoms with Crippen molar-refractivity contribution in [1.82, 2.24) is 9.88 Å². The molecule has 0 aromatic carbocycles. The van der Waals surface area contributed by atoms with E-state index in [1.807, 2.05) is 0 Å². The quantitative estimate of drug-likeness (QED) is 0.775. The number of ketones is 1. The number of aromatic nitrogens is 1. The lowest BCUT2D eigenvalue weighted by Crippen LogP contribution is -2.45. The Bertz CT molecular complexity index is 466. The molecule has 2 N–H and O–H groups in total. The van der Waals surface area contributed by atoms with Crippen LogP contribution in [0.25, 0.3) is 0 Å². The zero-order chi connectivity index (χ0) is 13.3. The summed E-state index contributed by atoms with van der Waals surface area (Å²) in [5, 5.41) is 9.83. The van der Waals surface area contributed by atoms with Gasteiger partial charge >= 0.3 is 0 Å². The molecule has 1 aliphatic heterocycles. The van der Waals surface area contributed by atoms with E-state index in [2.05, 4.69) is 4.98 Å². The Labute approximate surface area is 106 Å². The summed E-state index contributed by atoms with van der Waals surface area (Å²) < 4.78 is 0. The van der Waals surface area contributed by atoms with Crippen molar-refractivity contribution >= 4 is 11.7 Å². The molecule has 0 saturated carbocycles. The van der Waals surface area contributed by atoms with E-state index >= 15 is 0 Å². The first-order valence-electron chi connectivity index (χ1n) is 6.10. The monoisotopic (exact) mass is 250 g/mol. The van der Waals surface area contributed by atoms with Crippen LogP contribution in [0.5, 0.6) is 0 Å². The maximum atomic E-state index is 12.1. The molecule has 0 atom stereocenters. The maximum Gasteiger partial charge on any atom is 0.270 e. The van der Waals surface area contributed by atoms with Gasteiger partial charge in [-0.05, 0) is 32.8 Å². The van der Waals surface area contributed by atoms with E-state index in [0.717, 1.165) is 0 Å². The van der Waals surface area contributed by atoms with Gasteiger partial charge in [-0.2, -0.15) is 0 Å². The first-order chi connectivity index (χ1) is 8.39. The average molecular weight is 250 g/mol. The molecule has 2 heterocycles. The number of rotatable bonds is 2. The topological polar surface area (TPSA) is 73.4 Å². The van der Waals surface area contributed by atoms with Crippen molar-refractivity contribution in [2.75, 3.05) is 13.1 Å². The van der Waals surface area contributed by atoms with Crippen molar-refractivity contribution in [3.63, 3.8) is 0 Å². The van der Waals surface area contributed by atoms with Crippen molar-refractivity contribution in [3.05, 3.63) is 23.5 Å². The number of carbonyl (C=O) groups is 2. The van der Waals surface area contributed by atoms with Gasteiger partial charge in [0, 0.05) is 24.8 Å². The summed E-state index contributed by atoms with van der Waals surface area (Å²) in [6.45, 7) is 4.34. The zero-order valence-electron chi connectivity index (χ0n) is 10.7. The van der Waals surface area contributed by atoms with Gasteiger partial charge in [-0.1, -0.05) is 0 Å². The van der Waals surface area contributed by atoms with Crippen molar-refractivity contribution < 1.29 is 14.7 Å². The lowest BCUT2D eigenvalue weighted by Gasteiger charge is -2.35. The van der Waals surface area contributed by atoms with E-state index in [9.17, 15) is 14.7 Å². The second-order valence-corrected chi connectivity index (χ2v) is 5.15. The number of carbonyl (C=O) groups excluding carboxylic acids is 2. The third kappa shape index (κ3) is 2.61. The second kappa shape index (κ2) is 4.57. The van der Waals surface area contributed by atoms with Crippen LogP contribution in [-0.4, -0.2) is 45.4 Å². The number of nitrogens with one attached hydrogen (secondary N) is 1. The molecule has 0 aliphatic carbocycles. The van der Waals surface area contributed by atoms with Crippen LogP contribution < -0.4 is 0 Å². The van der Waals surface area contributed by atoms with Crippen LogP contribution in [0.4, 0.5) is 0 Å². The van der Waals surface area contributed by atoms with Crippen molar-refractivity contribution in [2.24, 2.45) is 0 Å². The minimum Gasteiger partial charge on any atom is -0.390 e. The number of nitrogens with zero attached hydrogens (tertiary/aromatic N) is 1.